The molecule has 1 aliphatic rings. The van der Waals surface area contributed by atoms with Gasteiger partial charge < -0.3 is 39.9 Å². The standard InChI is InChI=1S/C27H27F2N5O5/c1-31-25-15-11-21(33-17-5-4-14(10-16(17)30)34-6-8-38-9-7-34)32-13-20(15)39-27(25)26(35)22-23(28)18(36-2)12-19(37-3)24(22)29/h4-5,10-13,31H,6-9,30H2,1-3H3,(H,32,33). The van der Waals surface area contributed by atoms with Crippen LogP contribution in [0.4, 0.5) is 37.3 Å². The Bertz CT molecular complexity index is 1520. The van der Waals surface area contributed by atoms with E-state index in [1.54, 1.807) is 13.1 Å². The molecule has 1 saturated heterocycles. The zero-order valence-corrected chi connectivity index (χ0v) is 21.6. The normalized spacial score (nSPS) is 13.4. The first kappa shape index (κ1) is 26.0. The van der Waals surface area contributed by atoms with E-state index in [0.29, 0.717) is 35.8 Å². The van der Waals surface area contributed by atoms with Crippen molar-refractivity contribution in [1.82, 2.24) is 4.98 Å². The number of nitrogens with one attached hydrogen (secondary N) is 2. The molecule has 4 N–H and O–H groups in total. The summed E-state index contributed by atoms with van der Waals surface area (Å²) < 4.78 is 51.1. The van der Waals surface area contributed by atoms with Crippen LogP contribution in [-0.4, -0.2) is 58.3 Å². The summed E-state index contributed by atoms with van der Waals surface area (Å²) in [6.07, 6.45) is 1.41. The molecular formula is C27H27F2N5O5. The summed E-state index contributed by atoms with van der Waals surface area (Å²) in [5.41, 5.74) is 8.08. The van der Waals surface area contributed by atoms with Crippen molar-refractivity contribution in [2.45, 2.75) is 0 Å². The molecule has 0 aliphatic carbocycles. The number of rotatable bonds is 8. The highest BCUT2D eigenvalue weighted by atomic mass is 19.1. The number of nitrogen functional groups attached to an aromatic ring is 1. The summed E-state index contributed by atoms with van der Waals surface area (Å²) in [4.78, 5) is 19.9. The predicted molar refractivity (Wildman–Crippen MR) is 144 cm³/mol. The van der Waals surface area contributed by atoms with Gasteiger partial charge in [0.15, 0.2) is 34.5 Å². The largest absolute Gasteiger partial charge is 0.494 e. The number of ketones is 1. The summed E-state index contributed by atoms with van der Waals surface area (Å²) >= 11 is 0. The molecule has 10 nitrogen and oxygen atoms in total. The second-order valence-electron chi connectivity index (χ2n) is 8.73. The van der Waals surface area contributed by atoms with E-state index < -0.39 is 23.0 Å². The Hall–Kier alpha value is -4.58. The first-order valence-electron chi connectivity index (χ1n) is 12.1. The lowest BCUT2D eigenvalue weighted by Crippen LogP contribution is -2.36. The van der Waals surface area contributed by atoms with Crippen LogP contribution in [0.2, 0.25) is 0 Å². The zero-order chi connectivity index (χ0) is 27.7. The maximum Gasteiger partial charge on any atom is 0.236 e. The van der Waals surface area contributed by atoms with E-state index in [2.05, 4.69) is 20.5 Å². The molecule has 0 spiro atoms. The number of nitrogens with two attached hydrogens (primary N) is 1. The topological polar surface area (TPSA) is 124 Å². The zero-order valence-electron chi connectivity index (χ0n) is 21.6. The fraction of sp³-hybridized carbons (Fsp3) is 0.259. The summed E-state index contributed by atoms with van der Waals surface area (Å²) in [6.45, 7) is 2.90. The van der Waals surface area contributed by atoms with Gasteiger partial charge in [-0.2, -0.15) is 0 Å². The van der Waals surface area contributed by atoms with Crippen LogP contribution in [-0.2, 0) is 4.74 Å². The molecule has 2 aromatic heterocycles. The Labute approximate surface area is 222 Å². The molecule has 39 heavy (non-hydrogen) atoms. The first-order valence-corrected chi connectivity index (χ1v) is 12.1. The fourth-order valence-electron chi connectivity index (χ4n) is 4.50. The molecule has 0 amide bonds. The van der Waals surface area contributed by atoms with Crippen molar-refractivity contribution in [3.8, 4) is 11.5 Å². The van der Waals surface area contributed by atoms with Crippen LogP contribution in [0.5, 0.6) is 11.5 Å². The summed E-state index contributed by atoms with van der Waals surface area (Å²) in [5, 5.41) is 6.54. The number of hydrogen-bond acceptors (Lipinski definition) is 10. The van der Waals surface area contributed by atoms with E-state index in [4.69, 9.17) is 24.4 Å². The number of ether oxygens (including phenoxy) is 3. The quantitative estimate of drug-likeness (QED) is 0.217. The third-order valence-corrected chi connectivity index (χ3v) is 6.51. The summed E-state index contributed by atoms with van der Waals surface area (Å²) in [5.74, 6) is -3.92. The molecule has 0 saturated carbocycles. The van der Waals surface area contributed by atoms with Crippen LogP contribution >= 0.6 is 0 Å². The van der Waals surface area contributed by atoms with E-state index in [1.807, 2.05) is 18.2 Å². The average molecular weight is 540 g/mol. The molecule has 0 radical (unpaired) electrons. The SMILES string of the molecule is CNc1c(C(=O)c2c(F)c(OC)cc(OC)c2F)oc2cnc(Nc3ccc(N4CCOCC4)cc3N)cc12. The second kappa shape index (κ2) is 10.7. The van der Waals surface area contributed by atoms with Gasteiger partial charge in [0, 0.05) is 37.3 Å². The van der Waals surface area contributed by atoms with Gasteiger partial charge in [0.25, 0.3) is 0 Å². The Morgan fingerprint density at radius 1 is 1.08 bits per heavy atom. The van der Waals surface area contributed by atoms with Crippen molar-refractivity contribution in [2.75, 3.05) is 68.8 Å². The fourth-order valence-corrected chi connectivity index (χ4v) is 4.50. The average Bonchev–Trinajstić information content (AvgIpc) is 3.32. The van der Waals surface area contributed by atoms with Crippen LogP contribution in [0, 0.1) is 11.6 Å². The van der Waals surface area contributed by atoms with Gasteiger partial charge in [-0.3, -0.25) is 4.79 Å². The van der Waals surface area contributed by atoms with E-state index in [9.17, 15) is 4.79 Å². The molecule has 1 fully saturated rings. The first-order chi connectivity index (χ1) is 18.9. The number of morpholine rings is 1. The number of carbonyl (C=O) groups excluding carboxylic acids is 1. The lowest BCUT2D eigenvalue weighted by atomic mass is 10.0. The number of methoxy groups -OCH3 is 2. The van der Waals surface area contributed by atoms with Gasteiger partial charge in [-0.1, -0.05) is 0 Å². The van der Waals surface area contributed by atoms with E-state index in [1.165, 1.54) is 20.4 Å². The van der Waals surface area contributed by atoms with Crippen molar-refractivity contribution in [2.24, 2.45) is 0 Å². The van der Waals surface area contributed by atoms with Gasteiger partial charge >= 0.3 is 0 Å². The van der Waals surface area contributed by atoms with Crippen LogP contribution in [0.3, 0.4) is 0 Å². The van der Waals surface area contributed by atoms with Crippen molar-refractivity contribution in [3.05, 3.63) is 59.5 Å². The minimum absolute atomic E-state index is 0.233. The number of furan rings is 1. The van der Waals surface area contributed by atoms with Gasteiger partial charge in [0.05, 0.1) is 50.7 Å². The highest BCUT2D eigenvalue weighted by molar-refractivity contribution is 6.15. The highest BCUT2D eigenvalue weighted by Gasteiger charge is 2.31. The maximum atomic E-state index is 15.0. The van der Waals surface area contributed by atoms with Gasteiger partial charge in [-0.05, 0) is 24.3 Å². The van der Waals surface area contributed by atoms with Crippen LogP contribution in [0.1, 0.15) is 16.1 Å². The number of hydrogen-bond donors (Lipinski definition) is 3. The summed E-state index contributed by atoms with van der Waals surface area (Å²) in [7, 11) is 3.97. The molecule has 4 aromatic rings. The molecule has 3 heterocycles. The van der Waals surface area contributed by atoms with Gasteiger partial charge in [0.1, 0.15) is 11.4 Å². The highest BCUT2D eigenvalue weighted by Crippen LogP contribution is 2.38. The minimum Gasteiger partial charge on any atom is -0.494 e. The number of pyridine rings is 1. The molecule has 204 valence electrons. The Balaban J connectivity index is 1.49. The smallest absolute Gasteiger partial charge is 0.236 e. The van der Waals surface area contributed by atoms with Crippen molar-refractivity contribution < 1.29 is 32.2 Å². The molecular weight excluding hydrogens is 512 g/mol. The number of anilines is 5. The number of nitrogens with zero attached hydrogens (tertiary/aromatic N) is 2. The molecule has 0 unspecified atom stereocenters. The Morgan fingerprint density at radius 3 is 2.38 bits per heavy atom. The maximum absolute atomic E-state index is 15.0. The van der Waals surface area contributed by atoms with E-state index >= 15 is 8.78 Å². The third kappa shape index (κ3) is 4.74. The molecule has 12 heteroatoms. The van der Waals surface area contributed by atoms with Crippen molar-refractivity contribution in [3.63, 3.8) is 0 Å². The predicted octanol–water partition coefficient (Wildman–Crippen LogP) is 4.56. The second-order valence-corrected chi connectivity index (χ2v) is 8.73. The van der Waals surface area contributed by atoms with Gasteiger partial charge in [0.2, 0.25) is 5.78 Å². The molecule has 0 atom stereocenters. The number of carbonyl (C=O) groups is 1. The number of halogens is 2. The third-order valence-electron chi connectivity index (χ3n) is 6.51. The summed E-state index contributed by atoms with van der Waals surface area (Å²) in [6, 6.07) is 8.37. The number of benzene rings is 2. The number of aromatic nitrogens is 1. The van der Waals surface area contributed by atoms with Crippen molar-refractivity contribution in [1.29, 1.82) is 0 Å². The molecule has 5 rings (SSSR count). The molecule has 1 aliphatic heterocycles. The van der Waals surface area contributed by atoms with Gasteiger partial charge in [-0.25, -0.2) is 13.8 Å². The van der Waals surface area contributed by atoms with E-state index in [-0.39, 0.29) is 28.5 Å². The van der Waals surface area contributed by atoms with Crippen LogP contribution in [0.25, 0.3) is 11.0 Å². The Kier molecular flexibility index (Phi) is 7.11. The lowest BCUT2D eigenvalue weighted by Gasteiger charge is -2.29. The monoisotopic (exact) mass is 539 g/mol. The van der Waals surface area contributed by atoms with Crippen molar-refractivity contribution >= 4 is 45.3 Å². The molecule has 2 aromatic carbocycles. The lowest BCUT2D eigenvalue weighted by molar-refractivity contribution is 0.100. The Morgan fingerprint density at radius 2 is 1.77 bits per heavy atom. The molecule has 0 bridgehead atoms. The van der Waals surface area contributed by atoms with Gasteiger partial charge in [-0.15, -0.1) is 0 Å². The van der Waals surface area contributed by atoms with Crippen LogP contribution in [0.15, 0.2) is 40.9 Å². The van der Waals surface area contributed by atoms with E-state index in [0.717, 1.165) is 24.8 Å². The number of fused-ring (bicyclic) bond motifs is 1. The minimum atomic E-state index is -1.17. The van der Waals surface area contributed by atoms with Crippen LogP contribution < -0.4 is 30.7 Å².